The van der Waals surface area contributed by atoms with Gasteiger partial charge in [-0.05, 0) is 79.3 Å². The van der Waals surface area contributed by atoms with E-state index in [-0.39, 0.29) is 0 Å². The Kier molecular flexibility index (Phi) is 5.08. The van der Waals surface area contributed by atoms with Gasteiger partial charge >= 0.3 is 0 Å². The molecule has 18 heavy (non-hydrogen) atoms. The lowest BCUT2D eigenvalue weighted by Crippen LogP contribution is -2.36. The quantitative estimate of drug-likeness (QED) is 0.691. The predicted molar refractivity (Wildman–Crippen MR) is 79.0 cm³/mol. The monoisotopic (exact) mass is 252 g/mol. The summed E-state index contributed by atoms with van der Waals surface area (Å²) in [4.78, 5) is 5.44. The second kappa shape index (κ2) is 6.38. The zero-order valence-electron chi connectivity index (χ0n) is 12.9. The fourth-order valence-corrected chi connectivity index (χ4v) is 3.97. The summed E-state index contributed by atoms with van der Waals surface area (Å²) < 4.78 is 0. The summed E-state index contributed by atoms with van der Waals surface area (Å²) in [5.41, 5.74) is 0. The minimum Gasteiger partial charge on any atom is -0.298 e. The highest BCUT2D eigenvalue weighted by Gasteiger charge is 2.28. The highest BCUT2D eigenvalue weighted by Crippen LogP contribution is 2.25. The molecule has 106 valence electrons. The lowest BCUT2D eigenvalue weighted by Gasteiger charge is -2.28. The zero-order chi connectivity index (χ0) is 13.1. The van der Waals surface area contributed by atoms with E-state index in [0.717, 1.165) is 24.2 Å². The molecule has 0 amide bonds. The normalized spacial score (nSPS) is 38.7. The first-order chi connectivity index (χ1) is 8.59. The molecule has 4 atom stereocenters. The van der Waals surface area contributed by atoms with Crippen molar-refractivity contribution in [3.8, 4) is 0 Å². The average molecular weight is 252 g/mol. The summed E-state index contributed by atoms with van der Waals surface area (Å²) in [6, 6.07) is 3.29. The van der Waals surface area contributed by atoms with Gasteiger partial charge in [-0.15, -0.1) is 0 Å². The van der Waals surface area contributed by atoms with Crippen LogP contribution in [0.25, 0.3) is 0 Å². The van der Waals surface area contributed by atoms with Crippen LogP contribution in [0.5, 0.6) is 0 Å². The molecule has 2 rings (SSSR count). The molecule has 2 fully saturated rings. The van der Waals surface area contributed by atoms with E-state index in [1.54, 1.807) is 0 Å². The van der Waals surface area contributed by atoms with Crippen LogP contribution < -0.4 is 0 Å². The fourth-order valence-electron chi connectivity index (χ4n) is 3.97. The Morgan fingerprint density at radius 1 is 0.611 bits per heavy atom. The molecule has 0 aromatic rings. The molecule has 0 bridgehead atoms. The van der Waals surface area contributed by atoms with Crippen LogP contribution >= 0.6 is 0 Å². The van der Waals surface area contributed by atoms with Gasteiger partial charge in [0.15, 0.2) is 0 Å². The number of likely N-dealkylation sites (tertiary alicyclic amines) is 2. The van der Waals surface area contributed by atoms with Gasteiger partial charge in [0.2, 0.25) is 0 Å². The number of rotatable bonds is 5. The maximum Gasteiger partial charge on any atom is 0.00703 e. The summed E-state index contributed by atoms with van der Waals surface area (Å²) in [6.07, 6.45) is 8.38. The first-order valence-corrected chi connectivity index (χ1v) is 8.11. The Morgan fingerprint density at radius 2 is 0.889 bits per heavy atom. The van der Waals surface area contributed by atoms with E-state index in [2.05, 4.69) is 37.5 Å². The van der Waals surface area contributed by atoms with Crippen LogP contribution in [0.3, 0.4) is 0 Å². The third-order valence-corrected chi connectivity index (χ3v) is 5.35. The van der Waals surface area contributed by atoms with E-state index in [1.165, 1.54) is 51.6 Å². The predicted octanol–water partition coefficient (Wildman–Crippen LogP) is 3.51. The lowest BCUT2D eigenvalue weighted by molar-refractivity contribution is 0.185. The van der Waals surface area contributed by atoms with Gasteiger partial charge in [0, 0.05) is 24.2 Å². The van der Waals surface area contributed by atoms with Crippen molar-refractivity contribution < 1.29 is 0 Å². The van der Waals surface area contributed by atoms with E-state index < -0.39 is 0 Å². The molecule has 2 aliphatic rings. The topological polar surface area (TPSA) is 6.48 Å². The van der Waals surface area contributed by atoms with Gasteiger partial charge in [0.25, 0.3) is 0 Å². The Balaban J connectivity index is 1.64. The Labute approximate surface area is 114 Å². The zero-order valence-corrected chi connectivity index (χ0v) is 12.9. The van der Waals surface area contributed by atoms with Crippen molar-refractivity contribution in [3.05, 3.63) is 0 Å². The van der Waals surface area contributed by atoms with Crippen molar-refractivity contribution >= 4 is 0 Å². The molecule has 0 aromatic heterocycles. The number of nitrogens with zero attached hydrogens (tertiary/aromatic N) is 2. The van der Waals surface area contributed by atoms with Gasteiger partial charge in [-0.1, -0.05) is 0 Å². The molecule has 0 radical (unpaired) electrons. The van der Waals surface area contributed by atoms with Gasteiger partial charge in [0.05, 0.1) is 0 Å². The largest absolute Gasteiger partial charge is 0.298 e. The highest BCUT2D eigenvalue weighted by molar-refractivity contribution is 4.83. The molecule has 0 saturated carbocycles. The summed E-state index contributed by atoms with van der Waals surface area (Å²) in [7, 11) is 0. The molecule has 0 N–H and O–H groups in total. The SMILES string of the molecule is C[C@@H]1CC[C@@H](C)N1CCCCN1[C@H](C)CC[C@@H]1C. The smallest absolute Gasteiger partial charge is 0.00703 e. The summed E-state index contributed by atoms with van der Waals surface area (Å²) in [5, 5.41) is 0. The summed E-state index contributed by atoms with van der Waals surface area (Å²) >= 11 is 0. The molecule has 2 heteroatoms. The fraction of sp³-hybridized carbons (Fsp3) is 1.00. The lowest BCUT2D eigenvalue weighted by atomic mass is 10.2. The van der Waals surface area contributed by atoms with E-state index in [9.17, 15) is 0 Å². The van der Waals surface area contributed by atoms with Gasteiger partial charge in [-0.2, -0.15) is 0 Å². The number of hydrogen-bond acceptors (Lipinski definition) is 2. The van der Waals surface area contributed by atoms with Crippen LogP contribution in [0.4, 0.5) is 0 Å². The third-order valence-electron chi connectivity index (χ3n) is 5.35. The van der Waals surface area contributed by atoms with E-state index in [0.29, 0.717) is 0 Å². The Morgan fingerprint density at radius 3 is 1.17 bits per heavy atom. The van der Waals surface area contributed by atoms with Crippen molar-refractivity contribution in [1.82, 2.24) is 9.80 Å². The summed E-state index contributed by atoms with van der Waals surface area (Å²) in [5.74, 6) is 0. The maximum absolute atomic E-state index is 2.72. The maximum atomic E-state index is 2.72. The van der Waals surface area contributed by atoms with Gasteiger partial charge in [-0.25, -0.2) is 0 Å². The van der Waals surface area contributed by atoms with E-state index in [4.69, 9.17) is 0 Å². The minimum absolute atomic E-state index is 0.824. The molecular weight excluding hydrogens is 220 g/mol. The van der Waals surface area contributed by atoms with Crippen LogP contribution in [-0.4, -0.2) is 47.1 Å². The second-order valence-corrected chi connectivity index (χ2v) is 6.73. The third kappa shape index (κ3) is 3.27. The van der Waals surface area contributed by atoms with Crippen molar-refractivity contribution in [2.24, 2.45) is 0 Å². The second-order valence-electron chi connectivity index (χ2n) is 6.73. The van der Waals surface area contributed by atoms with Crippen molar-refractivity contribution in [1.29, 1.82) is 0 Å². The van der Waals surface area contributed by atoms with E-state index >= 15 is 0 Å². The molecule has 2 aliphatic heterocycles. The Bertz CT molecular complexity index is 207. The first-order valence-electron chi connectivity index (χ1n) is 8.11. The summed E-state index contributed by atoms with van der Waals surface area (Å²) in [6.45, 7) is 12.2. The van der Waals surface area contributed by atoms with Crippen LogP contribution in [0.1, 0.15) is 66.2 Å². The highest BCUT2D eigenvalue weighted by atomic mass is 15.2. The molecule has 2 nitrogen and oxygen atoms in total. The Hall–Kier alpha value is -0.0800. The number of hydrogen-bond donors (Lipinski definition) is 0. The molecular formula is C16H32N2. The molecule has 0 spiro atoms. The van der Waals surface area contributed by atoms with Crippen molar-refractivity contribution in [2.45, 2.75) is 90.4 Å². The standard InChI is InChI=1S/C16H32N2/c1-13-7-8-14(2)17(13)11-5-6-12-18-15(3)9-10-16(18)4/h13-16H,5-12H2,1-4H3/t13-,14-,15-,16+/m1/s1. The van der Waals surface area contributed by atoms with Crippen LogP contribution in [0, 0.1) is 0 Å². The van der Waals surface area contributed by atoms with Gasteiger partial charge in [-0.3, -0.25) is 9.80 Å². The van der Waals surface area contributed by atoms with Crippen molar-refractivity contribution in [3.63, 3.8) is 0 Å². The van der Waals surface area contributed by atoms with Crippen LogP contribution in [-0.2, 0) is 0 Å². The first kappa shape index (κ1) is 14.3. The minimum atomic E-state index is 0.824. The molecule has 0 aromatic carbocycles. The molecule has 2 heterocycles. The molecule has 0 aliphatic carbocycles. The van der Waals surface area contributed by atoms with Gasteiger partial charge in [0.1, 0.15) is 0 Å². The average Bonchev–Trinajstić information content (AvgIpc) is 2.82. The van der Waals surface area contributed by atoms with Gasteiger partial charge < -0.3 is 0 Å². The van der Waals surface area contributed by atoms with Crippen molar-refractivity contribution in [2.75, 3.05) is 13.1 Å². The molecule has 2 saturated heterocycles. The molecule has 0 unspecified atom stereocenters. The van der Waals surface area contributed by atoms with E-state index in [1.807, 2.05) is 0 Å². The van der Waals surface area contributed by atoms with Crippen LogP contribution in [0.2, 0.25) is 0 Å². The van der Waals surface area contributed by atoms with Crippen LogP contribution in [0.15, 0.2) is 0 Å². The number of unbranched alkanes of at least 4 members (excludes halogenated alkanes) is 1.